The van der Waals surface area contributed by atoms with Crippen LogP contribution in [-0.2, 0) is 16.6 Å². The summed E-state index contributed by atoms with van der Waals surface area (Å²) in [6.07, 6.45) is 2.90. The predicted molar refractivity (Wildman–Crippen MR) is 81.0 cm³/mol. The summed E-state index contributed by atoms with van der Waals surface area (Å²) in [5.74, 6) is 0. The maximum absolute atomic E-state index is 12.6. The molecule has 1 aliphatic rings. The molecule has 0 amide bonds. The minimum atomic E-state index is -3.38. The second kappa shape index (κ2) is 6.52. The third kappa shape index (κ3) is 3.48. The average Bonchev–Trinajstić information content (AvgIpc) is 2.45. The van der Waals surface area contributed by atoms with Gasteiger partial charge in [0.05, 0.1) is 4.90 Å². The van der Waals surface area contributed by atoms with E-state index in [1.165, 1.54) is 0 Å². The van der Waals surface area contributed by atoms with Gasteiger partial charge in [0, 0.05) is 19.6 Å². The molecule has 0 aliphatic carbocycles. The second-order valence-electron chi connectivity index (χ2n) is 5.11. The number of hydrogen-bond acceptors (Lipinski definition) is 3. The fraction of sp³-hybridized carbons (Fsp3) is 0.467. The largest absolute Gasteiger partial charge is 0.313 e. The highest BCUT2D eigenvalue weighted by Gasteiger charge is 2.25. The molecule has 0 saturated carbocycles. The molecule has 110 valence electrons. The van der Waals surface area contributed by atoms with Gasteiger partial charge in [0.2, 0.25) is 10.0 Å². The molecule has 0 spiro atoms. The van der Waals surface area contributed by atoms with Crippen LogP contribution in [0.4, 0.5) is 0 Å². The van der Waals surface area contributed by atoms with E-state index in [4.69, 9.17) is 0 Å². The van der Waals surface area contributed by atoms with Gasteiger partial charge in [-0.2, -0.15) is 4.31 Å². The summed E-state index contributed by atoms with van der Waals surface area (Å²) in [4.78, 5) is 0.391. The van der Waals surface area contributed by atoms with E-state index >= 15 is 0 Å². The minimum absolute atomic E-state index is 0.391. The van der Waals surface area contributed by atoms with Gasteiger partial charge in [-0.05, 0) is 37.6 Å². The van der Waals surface area contributed by atoms with Crippen LogP contribution in [-0.4, -0.2) is 32.4 Å². The molecule has 0 fully saturated rings. The Balaban J connectivity index is 2.23. The Labute approximate surface area is 121 Å². The van der Waals surface area contributed by atoms with Crippen molar-refractivity contribution in [3.05, 3.63) is 41.5 Å². The molecule has 0 atom stereocenters. The third-order valence-corrected chi connectivity index (χ3v) is 5.25. The first-order valence-electron chi connectivity index (χ1n) is 6.99. The number of benzene rings is 1. The first-order valence-corrected chi connectivity index (χ1v) is 8.43. The van der Waals surface area contributed by atoms with Gasteiger partial charge in [0.15, 0.2) is 0 Å². The van der Waals surface area contributed by atoms with Gasteiger partial charge in [0.1, 0.15) is 0 Å². The molecule has 1 aromatic carbocycles. The molecule has 0 unspecified atom stereocenters. The quantitative estimate of drug-likeness (QED) is 0.846. The standard InChI is InChI=1S/C15H22N2O2S/c1-3-16-11-14-7-4-8-15(10-14)20(18,19)17-9-5-6-13(2)12-17/h4,6-8,10,16H,3,5,9,11-12H2,1-2H3. The van der Waals surface area contributed by atoms with Crippen molar-refractivity contribution >= 4 is 10.0 Å². The fourth-order valence-corrected chi connectivity index (χ4v) is 3.88. The Morgan fingerprint density at radius 3 is 2.85 bits per heavy atom. The zero-order valence-electron chi connectivity index (χ0n) is 12.1. The smallest absolute Gasteiger partial charge is 0.243 e. The first kappa shape index (κ1) is 15.2. The summed E-state index contributed by atoms with van der Waals surface area (Å²) in [6, 6.07) is 7.21. The van der Waals surface area contributed by atoms with E-state index in [1.807, 2.05) is 26.0 Å². The molecule has 0 aromatic heterocycles. The molecule has 1 heterocycles. The fourth-order valence-electron chi connectivity index (χ4n) is 2.32. The zero-order valence-corrected chi connectivity index (χ0v) is 12.9. The number of nitrogens with one attached hydrogen (secondary N) is 1. The van der Waals surface area contributed by atoms with Gasteiger partial charge in [-0.15, -0.1) is 0 Å². The van der Waals surface area contributed by atoms with E-state index < -0.39 is 10.0 Å². The van der Waals surface area contributed by atoms with Crippen LogP contribution in [0.25, 0.3) is 0 Å². The highest BCUT2D eigenvalue weighted by molar-refractivity contribution is 7.89. The van der Waals surface area contributed by atoms with Crippen molar-refractivity contribution in [3.63, 3.8) is 0 Å². The van der Waals surface area contributed by atoms with Crippen molar-refractivity contribution in [1.82, 2.24) is 9.62 Å². The summed E-state index contributed by atoms with van der Waals surface area (Å²) >= 11 is 0. The van der Waals surface area contributed by atoms with E-state index in [2.05, 4.69) is 11.4 Å². The van der Waals surface area contributed by atoms with Crippen molar-refractivity contribution in [2.75, 3.05) is 19.6 Å². The van der Waals surface area contributed by atoms with Gasteiger partial charge < -0.3 is 5.32 Å². The number of hydrogen-bond donors (Lipinski definition) is 1. The lowest BCUT2D eigenvalue weighted by Gasteiger charge is -2.25. The Morgan fingerprint density at radius 1 is 1.35 bits per heavy atom. The van der Waals surface area contributed by atoms with Gasteiger partial charge in [-0.3, -0.25) is 0 Å². The molecule has 1 aromatic rings. The Hall–Kier alpha value is -1.17. The molecule has 0 bridgehead atoms. The summed E-state index contributed by atoms with van der Waals surface area (Å²) < 4.78 is 26.8. The molecule has 20 heavy (non-hydrogen) atoms. The number of nitrogens with zero attached hydrogens (tertiary/aromatic N) is 1. The Bertz CT molecular complexity index is 594. The Kier molecular flexibility index (Phi) is 4.96. The van der Waals surface area contributed by atoms with E-state index in [0.29, 0.717) is 24.5 Å². The van der Waals surface area contributed by atoms with Crippen molar-refractivity contribution < 1.29 is 8.42 Å². The molecule has 5 heteroatoms. The van der Waals surface area contributed by atoms with Crippen molar-refractivity contribution in [2.45, 2.75) is 31.7 Å². The van der Waals surface area contributed by atoms with Crippen LogP contribution in [0.1, 0.15) is 25.8 Å². The van der Waals surface area contributed by atoms with E-state index in [1.54, 1.807) is 16.4 Å². The SMILES string of the molecule is CCNCc1cccc(S(=O)(=O)N2CCC=C(C)C2)c1. The lowest BCUT2D eigenvalue weighted by Crippen LogP contribution is -2.35. The maximum Gasteiger partial charge on any atom is 0.243 e. The monoisotopic (exact) mass is 294 g/mol. The summed E-state index contributed by atoms with van der Waals surface area (Å²) in [5, 5.41) is 3.21. The molecular formula is C15H22N2O2S. The summed E-state index contributed by atoms with van der Waals surface area (Å²) in [7, 11) is -3.38. The van der Waals surface area contributed by atoms with Crippen LogP contribution < -0.4 is 5.32 Å². The van der Waals surface area contributed by atoms with Crippen LogP contribution in [0.3, 0.4) is 0 Å². The van der Waals surface area contributed by atoms with E-state index in [0.717, 1.165) is 24.1 Å². The number of rotatable bonds is 5. The second-order valence-corrected chi connectivity index (χ2v) is 7.04. The van der Waals surface area contributed by atoms with Crippen molar-refractivity contribution in [1.29, 1.82) is 0 Å². The lowest BCUT2D eigenvalue weighted by molar-refractivity contribution is 0.428. The summed E-state index contributed by atoms with van der Waals surface area (Å²) in [6.45, 7) is 6.63. The van der Waals surface area contributed by atoms with Crippen LogP contribution in [0.15, 0.2) is 40.8 Å². The molecule has 0 radical (unpaired) electrons. The van der Waals surface area contributed by atoms with Crippen molar-refractivity contribution in [3.8, 4) is 0 Å². The molecule has 1 aliphatic heterocycles. The average molecular weight is 294 g/mol. The highest BCUT2D eigenvalue weighted by Crippen LogP contribution is 2.21. The van der Waals surface area contributed by atoms with Gasteiger partial charge in [-0.1, -0.05) is 30.7 Å². The van der Waals surface area contributed by atoms with E-state index in [-0.39, 0.29) is 0 Å². The van der Waals surface area contributed by atoms with Crippen LogP contribution in [0, 0.1) is 0 Å². The molecule has 4 nitrogen and oxygen atoms in total. The molecule has 0 saturated heterocycles. The van der Waals surface area contributed by atoms with Crippen LogP contribution in [0.5, 0.6) is 0 Å². The van der Waals surface area contributed by atoms with E-state index in [9.17, 15) is 8.42 Å². The first-order chi connectivity index (χ1) is 9.54. The zero-order chi connectivity index (χ0) is 14.6. The Morgan fingerprint density at radius 2 is 2.15 bits per heavy atom. The molecule has 1 N–H and O–H groups in total. The normalized spacial score (nSPS) is 17.0. The third-order valence-electron chi connectivity index (χ3n) is 3.41. The highest BCUT2D eigenvalue weighted by atomic mass is 32.2. The predicted octanol–water partition coefficient (Wildman–Crippen LogP) is 2.14. The van der Waals surface area contributed by atoms with Crippen LogP contribution >= 0.6 is 0 Å². The van der Waals surface area contributed by atoms with Crippen LogP contribution in [0.2, 0.25) is 0 Å². The minimum Gasteiger partial charge on any atom is -0.313 e. The topological polar surface area (TPSA) is 49.4 Å². The van der Waals surface area contributed by atoms with Gasteiger partial charge in [-0.25, -0.2) is 8.42 Å². The molecule has 2 rings (SSSR count). The van der Waals surface area contributed by atoms with Gasteiger partial charge in [0.25, 0.3) is 0 Å². The molecular weight excluding hydrogens is 272 g/mol. The summed E-state index contributed by atoms with van der Waals surface area (Å²) in [5.41, 5.74) is 2.11. The lowest BCUT2D eigenvalue weighted by atomic mass is 10.2. The van der Waals surface area contributed by atoms with Gasteiger partial charge >= 0.3 is 0 Å². The number of sulfonamides is 1. The maximum atomic E-state index is 12.6. The van der Waals surface area contributed by atoms with Crippen molar-refractivity contribution in [2.24, 2.45) is 0 Å².